The Morgan fingerprint density at radius 3 is 2.27 bits per heavy atom. The van der Waals surface area contributed by atoms with E-state index in [-0.39, 0.29) is 6.20 Å². The highest BCUT2D eigenvalue weighted by Gasteiger charge is 2.36. The molecule has 1 aromatic rings. The van der Waals surface area contributed by atoms with E-state index >= 15 is 0 Å². The molecule has 1 heterocycles. The zero-order valence-electron chi connectivity index (χ0n) is 6.83. The molecule has 8 heteroatoms. The highest BCUT2D eigenvalue weighted by Crippen LogP contribution is 2.36. The van der Waals surface area contributed by atoms with E-state index in [9.17, 15) is 26.7 Å². The maximum absolute atomic E-state index is 12.2. The van der Waals surface area contributed by atoms with E-state index in [1.54, 1.807) is 4.98 Å². The summed E-state index contributed by atoms with van der Waals surface area (Å²) in [6.45, 7) is 0. The molecule has 1 aromatic heterocycles. The summed E-state index contributed by atoms with van der Waals surface area (Å²) in [5.41, 5.74) is -4.19. The van der Waals surface area contributed by atoms with E-state index in [4.69, 9.17) is 11.6 Å². The number of halogens is 6. The summed E-state index contributed by atoms with van der Waals surface area (Å²) in [7, 11) is 0. The van der Waals surface area contributed by atoms with E-state index in [0.717, 1.165) is 0 Å². The van der Waals surface area contributed by atoms with E-state index in [0.29, 0.717) is 0 Å². The lowest BCUT2D eigenvalue weighted by molar-refractivity contribution is -0.137. The Labute approximate surface area is 84.7 Å². The van der Waals surface area contributed by atoms with Crippen LogP contribution in [0.2, 0.25) is 5.02 Å². The van der Waals surface area contributed by atoms with Crippen LogP contribution in [0.4, 0.5) is 22.0 Å². The van der Waals surface area contributed by atoms with Crippen molar-refractivity contribution < 1.29 is 22.0 Å². The second-order valence-electron chi connectivity index (χ2n) is 2.56. The van der Waals surface area contributed by atoms with Crippen LogP contribution in [0.15, 0.2) is 11.0 Å². The Morgan fingerprint density at radius 2 is 1.87 bits per heavy atom. The lowest BCUT2D eigenvalue weighted by atomic mass is 10.2. The van der Waals surface area contributed by atoms with Crippen molar-refractivity contribution >= 4 is 11.6 Å². The molecule has 0 amide bonds. The van der Waals surface area contributed by atoms with Crippen LogP contribution in [0.3, 0.4) is 0 Å². The van der Waals surface area contributed by atoms with Gasteiger partial charge < -0.3 is 4.98 Å². The molecule has 0 fully saturated rings. The average molecular weight is 248 g/mol. The quantitative estimate of drug-likeness (QED) is 0.761. The number of nitrogens with one attached hydrogen (secondary N) is 1. The fraction of sp³-hybridized carbons (Fsp3) is 0.286. The summed E-state index contributed by atoms with van der Waals surface area (Å²) in [4.78, 5) is 12.3. The SMILES string of the molecule is O=c1[nH]cc(C(F)(F)F)c(Cl)c1C(F)F. The Morgan fingerprint density at radius 1 is 1.33 bits per heavy atom. The van der Waals surface area contributed by atoms with Crippen molar-refractivity contribution in [2.75, 3.05) is 0 Å². The molecule has 1 rings (SSSR count). The molecule has 0 bridgehead atoms. The van der Waals surface area contributed by atoms with Crippen LogP contribution >= 0.6 is 11.6 Å². The fourth-order valence-corrected chi connectivity index (χ4v) is 1.25. The summed E-state index contributed by atoms with van der Waals surface area (Å²) in [5, 5.41) is -1.26. The number of hydrogen-bond acceptors (Lipinski definition) is 1. The fourth-order valence-electron chi connectivity index (χ4n) is 0.925. The zero-order valence-corrected chi connectivity index (χ0v) is 7.59. The van der Waals surface area contributed by atoms with Gasteiger partial charge in [0, 0.05) is 6.20 Å². The third-order valence-corrected chi connectivity index (χ3v) is 2.00. The number of pyridine rings is 1. The molecule has 1 N–H and O–H groups in total. The van der Waals surface area contributed by atoms with Crippen molar-refractivity contribution in [2.45, 2.75) is 12.6 Å². The summed E-state index contributed by atoms with van der Waals surface area (Å²) in [5.74, 6) is 0. The number of aromatic nitrogens is 1. The van der Waals surface area contributed by atoms with Gasteiger partial charge >= 0.3 is 6.18 Å². The Balaban J connectivity index is 3.49. The highest BCUT2D eigenvalue weighted by atomic mass is 35.5. The second kappa shape index (κ2) is 3.80. The van der Waals surface area contributed by atoms with Crippen molar-refractivity contribution in [1.82, 2.24) is 4.98 Å². The normalized spacial score (nSPS) is 12.2. The van der Waals surface area contributed by atoms with Gasteiger partial charge in [-0.25, -0.2) is 8.78 Å². The summed E-state index contributed by atoms with van der Waals surface area (Å²) < 4.78 is 60.9. The molecule has 2 nitrogen and oxygen atoms in total. The smallest absolute Gasteiger partial charge is 0.328 e. The van der Waals surface area contributed by atoms with Crippen LogP contribution in [0.1, 0.15) is 17.6 Å². The molecule has 15 heavy (non-hydrogen) atoms. The molecule has 0 saturated heterocycles. The predicted molar refractivity (Wildman–Crippen MR) is 42.0 cm³/mol. The molecule has 84 valence electrons. The van der Waals surface area contributed by atoms with Gasteiger partial charge in [-0.1, -0.05) is 11.6 Å². The number of aromatic amines is 1. The topological polar surface area (TPSA) is 32.9 Å². The first-order chi connectivity index (χ1) is 6.75. The maximum Gasteiger partial charge on any atom is 0.419 e. The average Bonchev–Trinajstić information content (AvgIpc) is 2.00. The van der Waals surface area contributed by atoms with Crippen molar-refractivity contribution in [3.8, 4) is 0 Å². The third kappa shape index (κ3) is 2.28. The van der Waals surface area contributed by atoms with Gasteiger partial charge in [0.25, 0.3) is 12.0 Å². The third-order valence-electron chi connectivity index (χ3n) is 1.59. The number of rotatable bonds is 1. The van der Waals surface area contributed by atoms with Crippen molar-refractivity contribution in [3.63, 3.8) is 0 Å². The molecule has 0 spiro atoms. The van der Waals surface area contributed by atoms with Gasteiger partial charge in [0.1, 0.15) is 5.56 Å². The van der Waals surface area contributed by atoms with Gasteiger partial charge in [-0.2, -0.15) is 13.2 Å². The van der Waals surface area contributed by atoms with E-state index in [2.05, 4.69) is 0 Å². The second-order valence-corrected chi connectivity index (χ2v) is 2.94. The van der Waals surface area contributed by atoms with Gasteiger partial charge in [0.2, 0.25) is 0 Å². The molecule has 0 aliphatic heterocycles. The standard InChI is InChI=1S/C7H3ClF5NO/c8-4-2(7(11,12)13)1-14-6(15)3(4)5(9)10/h1,5H,(H,14,15). The van der Waals surface area contributed by atoms with E-state index in [1.165, 1.54) is 0 Å². The Bertz CT molecular complexity index is 424. The van der Waals surface area contributed by atoms with Crippen LogP contribution in [-0.4, -0.2) is 4.98 Å². The first-order valence-electron chi connectivity index (χ1n) is 3.51. The van der Waals surface area contributed by atoms with Crippen LogP contribution in [0.25, 0.3) is 0 Å². The van der Waals surface area contributed by atoms with Crippen LogP contribution in [-0.2, 0) is 6.18 Å². The van der Waals surface area contributed by atoms with Crippen molar-refractivity contribution in [2.24, 2.45) is 0 Å². The zero-order chi connectivity index (χ0) is 11.8. The van der Waals surface area contributed by atoms with Crippen molar-refractivity contribution in [1.29, 1.82) is 0 Å². The summed E-state index contributed by atoms with van der Waals surface area (Å²) in [6, 6.07) is 0. The van der Waals surface area contributed by atoms with E-state index < -0.39 is 34.3 Å². The number of alkyl halides is 5. The molecule has 0 unspecified atom stereocenters. The lowest BCUT2D eigenvalue weighted by Gasteiger charge is -2.10. The van der Waals surface area contributed by atoms with Gasteiger partial charge in [-0.15, -0.1) is 0 Å². The molecular weight excluding hydrogens is 245 g/mol. The summed E-state index contributed by atoms with van der Waals surface area (Å²) >= 11 is 5.07. The number of H-pyrrole nitrogens is 1. The monoisotopic (exact) mass is 247 g/mol. The molecule has 0 saturated carbocycles. The van der Waals surface area contributed by atoms with Gasteiger partial charge in [-0.05, 0) is 0 Å². The summed E-state index contributed by atoms with van der Waals surface area (Å²) in [6.07, 6.45) is -7.98. The van der Waals surface area contributed by atoms with Crippen LogP contribution in [0, 0.1) is 0 Å². The first kappa shape index (κ1) is 12.0. The van der Waals surface area contributed by atoms with E-state index in [1.807, 2.05) is 0 Å². The first-order valence-corrected chi connectivity index (χ1v) is 3.89. The predicted octanol–water partition coefficient (Wildman–Crippen LogP) is 2.98. The maximum atomic E-state index is 12.2. The van der Waals surface area contributed by atoms with Gasteiger partial charge in [0.05, 0.1) is 10.6 Å². The largest absolute Gasteiger partial charge is 0.419 e. The van der Waals surface area contributed by atoms with Crippen LogP contribution < -0.4 is 5.56 Å². The minimum atomic E-state index is -4.88. The molecule has 0 aliphatic carbocycles. The Kier molecular flexibility index (Phi) is 3.03. The number of hydrogen-bond donors (Lipinski definition) is 1. The highest BCUT2D eigenvalue weighted by molar-refractivity contribution is 6.32. The lowest BCUT2D eigenvalue weighted by Crippen LogP contribution is -2.18. The molecular formula is C7H3ClF5NO. The van der Waals surface area contributed by atoms with Crippen molar-refractivity contribution in [3.05, 3.63) is 32.7 Å². The molecule has 0 aromatic carbocycles. The minimum absolute atomic E-state index is 0.260. The molecule has 0 radical (unpaired) electrons. The van der Waals surface area contributed by atoms with Crippen LogP contribution in [0.5, 0.6) is 0 Å². The molecule has 0 atom stereocenters. The van der Waals surface area contributed by atoms with Gasteiger partial charge in [0.15, 0.2) is 0 Å². The minimum Gasteiger partial charge on any atom is -0.328 e. The van der Waals surface area contributed by atoms with Gasteiger partial charge in [-0.3, -0.25) is 4.79 Å². The Hall–Kier alpha value is -1.11. The molecule has 0 aliphatic rings.